The quantitative estimate of drug-likeness (QED) is 0.363. The van der Waals surface area contributed by atoms with Gasteiger partial charge in [0.25, 0.3) is 11.5 Å². The van der Waals surface area contributed by atoms with Gasteiger partial charge in [0.2, 0.25) is 5.91 Å². The standard InChI is InChI=1S/C26H23ClN4O6/c1-35-20-10-8-15(27)12-19(20)29-23(32)14-28-25(33)24-17-6-4-5-7-18(17)26(34)31(30-24)16-9-11-21(36-2)22(13-16)37-3/h4-13H,14H2,1-3H3,(H,28,33)(H,29,32). The summed E-state index contributed by atoms with van der Waals surface area (Å²) in [7, 11) is 4.44. The number of nitrogens with zero attached hydrogens (tertiary/aromatic N) is 2. The van der Waals surface area contributed by atoms with Gasteiger partial charge < -0.3 is 24.8 Å². The molecule has 190 valence electrons. The van der Waals surface area contributed by atoms with E-state index in [0.29, 0.717) is 39.0 Å². The topological polar surface area (TPSA) is 121 Å². The van der Waals surface area contributed by atoms with Crippen molar-refractivity contribution in [2.24, 2.45) is 0 Å². The molecule has 3 aromatic carbocycles. The fraction of sp³-hybridized carbons (Fsp3) is 0.154. The highest BCUT2D eigenvalue weighted by atomic mass is 35.5. The van der Waals surface area contributed by atoms with Crippen LogP contribution in [0.4, 0.5) is 5.69 Å². The van der Waals surface area contributed by atoms with E-state index in [0.717, 1.165) is 4.68 Å². The molecular formula is C26H23ClN4O6. The van der Waals surface area contributed by atoms with Gasteiger partial charge in [0.05, 0.1) is 44.6 Å². The molecule has 1 heterocycles. The lowest BCUT2D eigenvalue weighted by Gasteiger charge is -2.14. The van der Waals surface area contributed by atoms with Crippen molar-refractivity contribution >= 4 is 39.9 Å². The van der Waals surface area contributed by atoms with Gasteiger partial charge >= 0.3 is 0 Å². The molecule has 0 spiro atoms. The minimum atomic E-state index is -0.640. The number of carbonyl (C=O) groups excluding carboxylic acids is 2. The van der Waals surface area contributed by atoms with Crippen molar-refractivity contribution in [2.45, 2.75) is 0 Å². The van der Waals surface area contributed by atoms with Crippen LogP contribution in [0.25, 0.3) is 16.5 Å². The Bertz CT molecular complexity index is 1550. The van der Waals surface area contributed by atoms with Gasteiger partial charge in [-0.3, -0.25) is 14.4 Å². The molecule has 0 fully saturated rings. The van der Waals surface area contributed by atoms with Crippen molar-refractivity contribution in [3.05, 3.63) is 81.7 Å². The van der Waals surface area contributed by atoms with Crippen molar-refractivity contribution in [1.82, 2.24) is 15.1 Å². The number of anilines is 1. The average molecular weight is 523 g/mol. The second-order valence-corrected chi connectivity index (χ2v) is 8.16. The monoisotopic (exact) mass is 522 g/mol. The highest BCUT2D eigenvalue weighted by Gasteiger charge is 2.19. The van der Waals surface area contributed by atoms with Crippen LogP contribution in [0.1, 0.15) is 10.5 Å². The summed E-state index contributed by atoms with van der Waals surface area (Å²) in [4.78, 5) is 38.9. The summed E-state index contributed by atoms with van der Waals surface area (Å²) in [5.41, 5.74) is 0.274. The van der Waals surface area contributed by atoms with Crippen LogP contribution in [-0.2, 0) is 4.79 Å². The Labute approximate surface area is 216 Å². The predicted octanol–water partition coefficient (Wildman–Crippen LogP) is 3.43. The van der Waals surface area contributed by atoms with Crippen molar-refractivity contribution < 1.29 is 23.8 Å². The summed E-state index contributed by atoms with van der Waals surface area (Å²) in [6.07, 6.45) is 0. The Morgan fingerprint density at radius 3 is 2.27 bits per heavy atom. The molecule has 2 N–H and O–H groups in total. The van der Waals surface area contributed by atoms with Crippen LogP contribution in [0.15, 0.2) is 65.5 Å². The van der Waals surface area contributed by atoms with E-state index in [9.17, 15) is 14.4 Å². The third-order valence-electron chi connectivity index (χ3n) is 5.48. The molecule has 0 saturated heterocycles. The third-order valence-corrected chi connectivity index (χ3v) is 5.71. The van der Waals surface area contributed by atoms with Gasteiger partial charge in [-0.25, -0.2) is 0 Å². The Morgan fingerprint density at radius 1 is 0.892 bits per heavy atom. The summed E-state index contributed by atoms with van der Waals surface area (Å²) in [6, 6.07) is 16.2. The number of halogens is 1. The number of rotatable bonds is 8. The maximum atomic E-state index is 13.2. The average Bonchev–Trinajstić information content (AvgIpc) is 2.92. The van der Waals surface area contributed by atoms with Crippen LogP contribution in [0.3, 0.4) is 0 Å². The Balaban J connectivity index is 1.64. The number of nitrogens with one attached hydrogen (secondary N) is 2. The van der Waals surface area contributed by atoms with E-state index in [-0.39, 0.29) is 17.6 Å². The highest BCUT2D eigenvalue weighted by molar-refractivity contribution is 6.31. The molecule has 0 atom stereocenters. The molecule has 0 radical (unpaired) electrons. The Hall–Kier alpha value is -4.57. The third kappa shape index (κ3) is 5.34. The molecule has 11 heteroatoms. The molecule has 0 aliphatic rings. The van der Waals surface area contributed by atoms with Crippen LogP contribution in [0.5, 0.6) is 17.2 Å². The van der Waals surface area contributed by atoms with Gasteiger partial charge in [-0.15, -0.1) is 0 Å². The molecule has 1 aromatic heterocycles. The zero-order chi connectivity index (χ0) is 26.5. The van der Waals surface area contributed by atoms with Gasteiger partial charge in [-0.2, -0.15) is 9.78 Å². The predicted molar refractivity (Wildman–Crippen MR) is 139 cm³/mol. The summed E-state index contributed by atoms with van der Waals surface area (Å²) >= 11 is 6.01. The molecule has 10 nitrogen and oxygen atoms in total. The van der Waals surface area contributed by atoms with E-state index in [4.69, 9.17) is 25.8 Å². The summed E-state index contributed by atoms with van der Waals surface area (Å²) in [5.74, 6) is 0.130. The number of amides is 2. The lowest BCUT2D eigenvalue weighted by molar-refractivity contribution is -0.115. The normalized spacial score (nSPS) is 10.6. The molecule has 4 rings (SSSR count). The Morgan fingerprint density at radius 2 is 1.57 bits per heavy atom. The second-order valence-electron chi connectivity index (χ2n) is 7.73. The van der Waals surface area contributed by atoms with E-state index < -0.39 is 17.4 Å². The molecule has 37 heavy (non-hydrogen) atoms. The number of hydrogen-bond acceptors (Lipinski definition) is 7. The molecule has 0 unspecified atom stereocenters. The van der Waals surface area contributed by atoms with Crippen LogP contribution < -0.4 is 30.4 Å². The molecule has 2 amide bonds. The molecule has 4 aromatic rings. The van der Waals surface area contributed by atoms with Gasteiger partial charge in [0.15, 0.2) is 17.2 Å². The number of carbonyl (C=O) groups is 2. The molecule has 0 aliphatic heterocycles. The van der Waals surface area contributed by atoms with E-state index in [1.165, 1.54) is 27.4 Å². The zero-order valence-electron chi connectivity index (χ0n) is 20.2. The van der Waals surface area contributed by atoms with Gasteiger partial charge in [0, 0.05) is 16.5 Å². The molecule has 0 bridgehead atoms. The van der Waals surface area contributed by atoms with E-state index in [1.807, 2.05) is 0 Å². The fourth-order valence-electron chi connectivity index (χ4n) is 3.71. The first-order valence-electron chi connectivity index (χ1n) is 11.0. The van der Waals surface area contributed by atoms with E-state index in [2.05, 4.69) is 15.7 Å². The lowest BCUT2D eigenvalue weighted by atomic mass is 10.1. The number of aromatic nitrogens is 2. The van der Waals surface area contributed by atoms with Crippen molar-refractivity contribution in [3.63, 3.8) is 0 Å². The fourth-order valence-corrected chi connectivity index (χ4v) is 3.88. The van der Waals surface area contributed by atoms with Crippen molar-refractivity contribution in [3.8, 4) is 22.9 Å². The maximum absolute atomic E-state index is 13.2. The number of fused-ring (bicyclic) bond motifs is 1. The molecule has 0 aliphatic carbocycles. The Kier molecular flexibility index (Phi) is 7.59. The highest BCUT2D eigenvalue weighted by Crippen LogP contribution is 2.29. The van der Waals surface area contributed by atoms with Crippen LogP contribution in [0, 0.1) is 0 Å². The summed E-state index contributed by atoms with van der Waals surface area (Å²) < 4.78 is 16.9. The zero-order valence-corrected chi connectivity index (χ0v) is 21.0. The van der Waals surface area contributed by atoms with Crippen LogP contribution in [0.2, 0.25) is 5.02 Å². The largest absolute Gasteiger partial charge is 0.495 e. The number of methoxy groups -OCH3 is 3. The molecule has 0 saturated carbocycles. The van der Waals surface area contributed by atoms with E-state index in [1.54, 1.807) is 54.6 Å². The first-order valence-corrected chi connectivity index (χ1v) is 11.4. The van der Waals surface area contributed by atoms with Gasteiger partial charge in [-0.05, 0) is 36.4 Å². The first kappa shape index (κ1) is 25.5. The van der Waals surface area contributed by atoms with Gasteiger partial charge in [-0.1, -0.05) is 29.8 Å². The maximum Gasteiger partial charge on any atom is 0.279 e. The van der Waals surface area contributed by atoms with Crippen molar-refractivity contribution in [1.29, 1.82) is 0 Å². The smallest absolute Gasteiger partial charge is 0.279 e. The van der Waals surface area contributed by atoms with Crippen LogP contribution in [-0.4, -0.2) is 49.5 Å². The van der Waals surface area contributed by atoms with Crippen molar-refractivity contribution in [2.75, 3.05) is 33.2 Å². The first-order chi connectivity index (χ1) is 17.9. The number of benzene rings is 3. The summed E-state index contributed by atoms with van der Waals surface area (Å²) in [5, 5.41) is 10.6. The number of ether oxygens (including phenoxy) is 3. The van der Waals surface area contributed by atoms with Gasteiger partial charge in [0.1, 0.15) is 5.75 Å². The SMILES string of the molecule is COc1ccc(Cl)cc1NC(=O)CNC(=O)c1nn(-c2ccc(OC)c(OC)c2)c(=O)c2ccccc12. The van der Waals surface area contributed by atoms with E-state index >= 15 is 0 Å². The minimum Gasteiger partial charge on any atom is -0.495 e. The minimum absolute atomic E-state index is 0.0295. The summed E-state index contributed by atoms with van der Waals surface area (Å²) in [6.45, 7) is -0.361. The molecular weight excluding hydrogens is 500 g/mol. The second kappa shape index (κ2) is 11.0. The lowest BCUT2D eigenvalue weighted by Crippen LogP contribution is -2.35. The van der Waals surface area contributed by atoms with Crippen LogP contribution >= 0.6 is 11.6 Å². The number of hydrogen-bond donors (Lipinski definition) is 2.